The summed E-state index contributed by atoms with van der Waals surface area (Å²) >= 11 is 0. The van der Waals surface area contributed by atoms with E-state index in [9.17, 15) is 15.1 Å². The first-order chi connectivity index (χ1) is 5.61. The van der Waals surface area contributed by atoms with Gasteiger partial charge in [-0.2, -0.15) is 5.06 Å². The largest absolute Gasteiger partial charge is 0.466 e. The third kappa shape index (κ3) is 1.43. The fourth-order valence-electron chi connectivity index (χ4n) is 1.32. The number of esters is 1. The van der Waals surface area contributed by atoms with Crippen molar-refractivity contribution in [1.29, 1.82) is 0 Å². The molecule has 1 atom stereocenters. The van der Waals surface area contributed by atoms with Crippen LogP contribution in [0.3, 0.4) is 0 Å². The number of rotatable bonds is 1. The van der Waals surface area contributed by atoms with Gasteiger partial charge in [-0.05, 0) is 12.8 Å². The number of nitrogens with zero attached hydrogens (tertiary/aromatic N) is 1. The number of methoxy groups -OCH3 is 1. The van der Waals surface area contributed by atoms with E-state index in [2.05, 4.69) is 4.74 Å². The lowest BCUT2D eigenvalue weighted by atomic mass is 10.0. The summed E-state index contributed by atoms with van der Waals surface area (Å²) in [6, 6.07) is 0. The van der Waals surface area contributed by atoms with E-state index in [1.54, 1.807) is 0 Å². The van der Waals surface area contributed by atoms with Gasteiger partial charge in [0.05, 0.1) is 7.11 Å². The van der Waals surface area contributed by atoms with Gasteiger partial charge in [-0.3, -0.25) is 0 Å². The van der Waals surface area contributed by atoms with Gasteiger partial charge in [-0.1, -0.05) is 0 Å². The van der Waals surface area contributed by atoms with Gasteiger partial charge in [0.15, 0.2) is 0 Å². The molecule has 0 aromatic rings. The lowest BCUT2D eigenvalue weighted by molar-refractivity contribution is -0.275. The van der Waals surface area contributed by atoms with Crippen LogP contribution in [-0.2, 0) is 9.53 Å². The van der Waals surface area contributed by atoms with E-state index in [4.69, 9.17) is 0 Å². The molecule has 0 saturated carbocycles. The zero-order chi connectivity index (χ0) is 9.19. The normalized spacial score (nSPS) is 31.6. The zero-order valence-corrected chi connectivity index (χ0v) is 6.99. The lowest BCUT2D eigenvalue weighted by Gasteiger charge is -2.35. The average Bonchev–Trinajstić information content (AvgIpc) is 2.09. The Morgan fingerprint density at radius 1 is 1.58 bits per heavy atom. The molecule has 0 amide bonds. The average molecular weight is 175 g/mol. The zero-order valence-electron chi connectivity index (χ0n) is 6.99. The molecule has 2 N–H and O–H groups in total. The van der Waals surface area contributed by atoms with E-state index >= 15 is 0 Å². The minimum atomic E-state index is -1.83. The second kappa shape index (κ2) is 3.38. The van der Waals surface area contributed by atoms with Crippen LogP contribution < -0.4 is 0 Å². The van der Waals surface area contributed by atoms with E-state index in [-0.39, 0.29) is 6.42 Å². The van der Waals surface area contributed by atoms with Gasteiger partial charge in [-0.15, -0.1) is 0 Å². The predicted octanol–water partition coefficient (Wildman–Crippen LogP) is -0.277. The van der Waals surface area contributed by atoms with Crippen LogP contribution in [0.25, 0.3) is 0 Å². The first-order valence-electron chi connectivity index (χ1n) is 3.88. The van der Waals surface area contributed by atoms with Crippen molar-refractivity contribution in [2.75, 3.05) is 13.7 Å². The molecule has 0 aliphatic carbocycles. The molecule has 0 bridgehead atoms. The van der Waals surface area contributed by atoms with Gasteiger partial charge < -0.3 is 15.1 Å². The molecule has 5 heteroatoms. The van der Waals surface area contributed by atoms with Crippen molar-refractivity contribution < 1.29 is 19.8 Å². The third-order valence-electron chi connectivity index (χ3n) is 2.08. The number of aliphatic hydroxyl groups is 1. The van der Waals surface area contributed by atoms with Gasteiger partial charge in [0, 0.05) is 13.0 Å². The third-order valence-corrected chi connectivity index (χ3v) is 2.08. The maximum absolute atomic E-state index is 11.0. The fourth-order valence-corrected chi connectivity index (χ4v) is 1.32. The van der Waals surface area contributed by atoms with Gasteiger partial charge in [-0.25, -0.2) is 4.79 Å². The van der Waals surface area contributed by atoms with Crippen LogP contribution in [0.4, 0.5) is 0 Å². The second-order valence-electron chi connectivity index (χ2n) is 2.89. The standard InChI is InChI=1S/C7H13NO4/c1-12-6(9)7(10)4-2-3-5-8(7)11/h10-11H,2-5H2,1H3. The van der Waals surface area contributed by atoms with Gasteiger partial charge >= 0.3 is 5.97 Å². The molecule has 1 rings (SSSR count). The maximum Gasteiger partial charge on any atom is 0.355 e. The van der Waals surface area contributed by atoms with E-state index in [1.165, 1.54) is 7.11 Å². The summed E-state index contributed by atoms with van der Waals surface area (Å²) in [4.78, 5) is 11.0. The van der Waals surface area contributed by atoms with Crippen LogP contribution in [0, 0.1) is 0 Å². The Morgan fingerprint density at radius 2 is 2.25 bits per heavy atom. The van der Waals surface area contributed by atoms with Crippen molar-refractivity contribution in [3.63, 3.8) is 0 Å². The summed E-state index contributed by atoms with van der Waals surface area (Å²) < 4.78 is 4.37. The molecule has 0 radical (unpaired) electrons. The Morgan fingerprint density at radius 3 is 2.75 bits per heavy atom. The fraction of sp³-hybridized carbons (Fsp3) is 0.857. The number of carbonyl (C=O) groups is 1. The molecule has 0 aromatic heterocycles. The summed E-state index contributed by atoms with van der Waals surface area (Å²) in [7, 11) is 1.18. The molecule has 1 saturated heterocycles. The summed E-state index contributed by atoms with van der Waals surface area (Å²) in [6.07, 6.45) is 1.70. The van der Waals surface area contributed by atoms with E-state index in [1.807, 2.05) is 0 Å². The lowest BCUT2D eigenvalue weighted by Crippen LogP contribution is -2.56. The van der Waals surface area contributed by atoms with Crippen molar-refractivity contribution in [3.05, 3.63) is 0 Å². The molecular weight excluding hydrogens is 162 g/mol. The molecule has 1 unspecified atom stereocenters. The summed E-state index contributed by atoms with van der Waals surface area (Å²) in [5, 5.41) is 19.5. The molecule has 0 aromatic carbocycles. The number of piperidine rings is 1. The summed E-state index contributed by atoms with van der Waals surface area (Å²) in [5.74, 6) is -0.801. The van der Waals surface area contributed by atoms with Crippen LogP contribution in [0.5, 0.6) is 0 Å². The van der Waals surface area contributed by atoms with E-state index in [0.717, 1.165) is 6.42 Å². The highest BCUT2D eigenvalue weighted by Gasteiger charge is 2.44. The van der Waals surface area contributed by atoms with Crippen LogP contribution in [0.15, 0.2) is 0 Å². The molecule has 1 aliphatic rings. The molecule has 5 nitrogen and oxygen atoms in total. The van der Waals surface area contributed by atoms with Gasteiger partial charge in [0.25, 0.3) is 0 Å². The Balaban J connectivity index is 2.72. The highest BCUT2D eigenvalue weighted by atomic mass is 16.6. The van der Waals surface area contributed by atoms with Crippen LogP contribution in [-0.4, -0.2) is 40.7 Å². The number of ether oxygens (including phenoxy) is 1. The number of hydrogen-bond acceptors (Lipinski definition) is 5. The monoisotopic (exact) mass is 175 g/mol. The molecule has 1 aliphatic heterocycles. The second-order valence-corrected chi connectivity index (χ2v) is 2.89. The molecule has 0 spiro atoms. The summed E-state index contributed by atoms with van der Waals surface area (Å²) in [5.41, 5.74) is -1.83. The van der Waals surface area contributed by atoms with E-state index < -0.39 is 11.7 Å². The number of hydroxylamine groups is 2. The molecular formula is C7H13NO4. The van der Waals surface area contributed by atoms with Crippen molar-refractivity contribution >= 4 is 5.97 Å². The Hall–Kier alpha value is -0.650. The molecule has 12 heavy (non-hydrogen) atoms. The van der Waals surface area contributed by atoms with Crippen LogP contribution in [0.1, 0.15) is 19.3 Å². The Bertz CT molecular complexity index is 184. The SMILES string of the molecule is COC(=O)C1(O)CCCCN1O. The quantitative estimate of drug-likeness (QED) is 0.536. The molecule has 1 fully saturated rings. The van der Waals surface area contributed by atoms with Gasteiger partial charge in [0.1, 0.15) is 0 Å². The van der Waals surface area contributed by atoms with E-state index in [0.29, 0.717) is 18.0 Å². The van der Waals surface area contributed by atoms with Gasteiger partial charge in [0.2, 0.25) is 5.72 Å². The van der Waals surface area contributed by atoms with Crippen molar-refractivity contribution in [2.45, 2.75) is 25.0 Å². The minimum absolute atomic E-state index is 0.218. The highest BCUT2D eigenvalue weighted by molar-refractivity contribution is 5.78. The topological polar surface area (TPSA) is 70.0 Å². The highest BCUT2D eigenvalue weighted by Crippen LogP contribution is 2.24. The smallest absolute Gasteiger partial charge is 0.355 e. The first kappa shape index (κ1) is 9.44. The van der Waals surface area contributed by atoms with Crippen molar-refractivity contribution in [3.8, 4) is 0 Å². The number of carbonyl (C=O) groups excluding carboxylic acids is 1. The Labute approximate surface area is 70.5 Å². The van der Waals surface area contributed by atoms with Crippen LogP contribution in [0.2, 0.25) is 0 Å². The first-order valence-corrected chi connectivity index (χ1v) is 3.88. The minimum Gasteiger partial charge on any atom is -0.466 e. The summed E-state index contributed by atoms with van der Waals surface area (Å²) in [6.45, 7) is 0.297. The number of hydrogen-bond donors (Lipinski definition) is 2. The predicted molar refractivity (Wildman–Crippen MR) is 39.3 cm³/mol. The van der Waals surface area contributed by atoms with Crippen LogP contribution >= 0.6 is 0 Å². The molecule has 70 valence electrons. The molecule has 1 heterocycles. The Kier molecular flexibility index (Phi) is 2.66. The van der Waals surface area contributed by atoms with Crippen molar-refractivity contribution in [1.82, 2.24) is 5.06 Å². The van der Waals surface area contributed by atoms with Crippen molar-refractivity contribution in [2.24, 2.45) is 0 Å². The maximum atomic E-state index is 11.0.